The van der Waals surface area contributed by atoms with E-state index in [2.05, 4.69) is 66.7 Å². The Labute approximate surface area is 130 Å². The minimum absolute atomic E-state index is 0.253. The molecule has 3 aromatic rings. The highest BCUT2D eigenvalue weighted by Crippen LogP contribution is 2.34. The molecule has 1 N–H and O–H groups in total. The number of fused-ring (bicyclic) bond motifs is 1. The van der Waals surface area contributed by atoms with E-state index in [0.717, 1.165) is 19.4 Å². The fourth-order valence-corrected chi connectivity index (χ4v) is 3.32. The number of hydrogen-bond donors (Lipinski definition) is 1. The fourth-order valence-electron chi connectivity index (χ4n) is 3.32. The molecule has 1 saturated heterocycles. The van der Waals surface area contributed by atoms with Crippen LogP contribution >= 0.6 is 0 Å². The molecule has 0 aliphatic carbocycles. The van der Waals surface area contributed by atoms with Crippen LogP contribution in [0.5, 0.6) is 0 Å². The molecule has 0 aromatic heterocycles. The molecule has 1 heterocycles. The van der Waals surface area contributed by atoms with Crippen molar-refractivity contribution in [2.45, 2.75) is 18.9 Å². The van der Waals surface area contributed by atoms with Crippen LogP contribution in [0.2, 0.25) is 0 Å². The molecule has 4 rings (SSSR count). The molecule has 0 bridgehead atoms. The smallest absolute Gasteiger partial charge is 0.0403 e. The number of nitrogens with zero attached hydrogens (tertiary/aromatic N) is 1. The van der Waals surface area contributed by atoms with Crippen molar-refractivity contribution in [1.82, 2.24) is 5.06 Å². The summed E-state index contributed by atoms with van der Waals surface area (Å²) in [5.74, 6) is 0. The lowest BCUT2D eigenvalue weighted by atomic mass is 9.88. The zero-order valence-corrected chi connectivity index (χ0v) is 12.4. The Balaban J connectivity index is 1.88. The highest BCUT2D eigenvalue weighted by atomic mass is 16.5. The highest BCUT2D eigenvalue weighted by Gasteiger charge is 2.27. The van der Waals surface area contributed by atoms with Crippen molar-refractivity contribution >= 4 is 10.8 Å². The van der Waals surface area contributed by atoms with Crippen molar-refractivity contribution < 1.29 is 5.21 Å². The third kappa shape index (κ3) is 2.31. The summed E-state index contributed by atoms with van der Waals surface area (Å²) >= 11 is 0. The van der Waals surface area contributed by atoms with Crippen LogP contribution in [0.3, 0.4) is 0 Å². The molecule has 1 fully saturated rings. The van der Waals surface area contributed by atoms with E-state index >= 15 is 0 Å². The molecule has 2 heteroatoms. The fraction of sp³-hybridized carbons (Fsp3) is 0.200. The molecule has 3 aromatic carbocycles. The maximum absolute atomic E-state index is 9.78. The van der Waals surface area contributed by atoms with E-state index in [1.807, 2.05) is 0 Å². The monoisotopic (exact) mass is 289 g/mol. The van der Waals surface area contributed by atoms with Gasteiger partial charge in [0.2, 0.25) is 0 Å². The van der Waals surface area contributed by atoms with Gasteiger partial charge in [-0.2, -0.15) is 5.06 Å². The summed E-state index contributed by atoms with van der Waals surface area (Å²) in [6.07, 6.45) is 1.96. The lowest BCUT2D eigenvalue weighted by molar-refractivity contribution is -0.181. The van der Waals surface area contributed by atoms with Gasteiger partial charge in [0, 0.05) is 12.6 Å². The van der Waals surface area contributed by atoms with Crippen molar-refractivity contribution in [3.05, 3.63) is 72.3 Å². The predicted molar refractivity (Wildman–Crippen MR) is 90.0 cm³/mol. The lowest BCUT2D eigenvalue weighted by Gasteiger charge is -2.36. The second-order valence-corrected chi connectivity index (χ2v) is 6.00. The highest BCUT2D eigenvalue weighted by molar-refractivity contribution is 5.98. The van der Waals surface area contributed by atoms with Gasteiger partial charge in [-0.25, -0.2) is 0 Å². The molecule has 1 aliphatic heterocycles. The van der Waals surface area contributed by atoms with Gasteiger partial charge < -0.3 is 5.21 Å². The van der Waals surface area contributed by atoms with Gasteiger partial charge in [0.05, 0.1) is 0 Å². The van der Waals surface area contributed by atoms with Crippen LogP contribution in [0.1, 0.15) is 12.0 Å². The summed E-state index contributed by atoms with van der Waals surface area (Å²) < 4.78 is 0. The van der Waals surface area contributed by atoms with Gasteiger partial charge in [-0.1, -0.05) is 66.7 Å². The van der Waals surface area contributed by atoms with Crippen molar-refractivity contribution in [2.75, 3.05) is 6.54 Å². The van der Waals surface area contributed by atoms with Gasteiger partial charge in [-0.3, -0.25) is 0 Å². The molecule has 0 radical (unpaired) electrons. The normalized spacial score (nSPS) is 18.3. The van der Waals surface area contributed by atoms with E-state index in [-0.39, 0.29) is 6.04 Å². The minimum atomic E-state index is 0.253. The molecule has 2 nitrogen and oxygen atoms in total. The maximum atomic E-state index is 9.78. The Hall–Kier alpha value is -2.16. The van der Waals surface area contributed by atoms with Crippen LogP contribution in [0, 0.1) is 0 Å². The Morgan fingerprint density at radius 3 is 2.41 bits per heavy atom. The zero-order chi connectivity index (χ0) is 14.9. The van der Waals surface area contributed by atoms with Gasteiger partial charge in [0.1, 0.15) is 0 Å². The van der Waals surface area contributed by atoms with Crippen LogP contribution in [0.15, 0.2) is 66.7 Å². The van der Waals surface area contributed by atoms with E-state index in [9.17, 15) is 5.21 Å². The third-order valence-corrected chi connectivity index (χ3v) is 4.65. The number of rotatable bonds is 3. The quantitative estimate of drug-likeness (QED) is 0.766. The van der Waals surface area contributed by atoms with E-state index in [1.165, 1.54) is 32.5 Å². The molecule has 22 heavy (non-hydrogen) atoms. The van der Waals surface area contributed by atoms with Crippen molar-refractivity contribution in [2.24, 2.45) is 0 Å². The molecule has 1 unspecified atom stereocenters. The van der Waals surface area contributed by atoms with Gasteiger partial charge >= 0.3 is 0 Å². The standard InChI is InChI=1S/C20H19NO/c22-21-13-12-18(21)14-17-11-10-15-6-4-5-9-19(15)20(17)16-7-2-1-3-8-16/h1-11,18,22H,12-14H2. The summed E-state index contributed by atoms with van der Waals surface area (Å²) in [4.78, 5) is 0. The van der Waals surface area contributed by atoms with Crippen LogP contribution in [-0.4, -0.2) is 22.9 Å². The number of benzene rings is 3. The van der Waals surface area contributed by atoms with Crippen LogP contribution in [0.25, 0.3) is 21.9 Å². The zero-order valence-electron chi connectivity index (χ0n) is 12.4. The van der Waals surface area contributed by atoms with Crippen molar-refractivity contribution in [3.8, 4) is 11.1 Å². The first kappa shape index (κ1) is 13.5. The molecule has 1 aliphatic rings. The molecule has 110 valence electrons. The second-order valence-electron chi connectivity index (χ2n) is 6.00. The minimum Gasteiger partial charge on any atom is -0.314 e. The Morgan fingerprint density at radius 2 is 1.68 bits per heavy atom. The second kappa shape index (κ2) is 5.56. The van der Waals surface area contributed by atoms with E-state index in [1.54, 1.807) is 0 Å². The SMILES string of the molecule is ON1CCC1Cc1ccc2ccccc2c1-c1ccccc1. The molecular weight excluding hydrogens is 270 g/mol. The average Bonchev–Trinajstić information content (AvgIpc) is 2.58. The maximum Gasteiger partial charge on any atom is 0.0403 e. The molecule has 1 atom stereocenters. The predicted octanol–water partition coefficient (Wildman–Crippen LogP) is 4.51. The van der Waals surface area contributed by atoms with E-state index in [4.69, 9.17) is 0 Å². The third-order valence-electron chi connectivity index (χ3n) is 4.65. The van der Waals surface area contributed by atoms with Gasteiger partial charge in [-0.05, 0) is 40.3 Å². The number of hydrogen-bond acceptors (Lipinski definition) is 2. The average molecular weight is 289 g/mol. The first-order valence-corrected chi connectivity index (χ1v) is 7.84. The Bertz CT molecular complexity index is 797. The molecule has 0 saturated carbocycles. The summed E-state index contributed by atoms with van der Waals surface area (Å²) in [5.41, 5.74) is 3.87. The largest absolute Gasteiger partial charge is 0.314 e. The molecule has 0 amide bonds. The van der Waals surface area contributed by atoms with Gasteiger partial charge in [-0.15, -0.1) is 0 Å². The lowest BCUT2D eigenvalue weighted by Crippen LogP contribution is -2.46. The molecule has 0 spiro atoms. The van der Waals surface area contributed by atoms with Crippen LogP contribution < -0.4 is 0 Å². The summed E-state index contributed by atoms with van der Waals surface area (Å²) in [6.45, 7) is 0.791. The first-order valence-electron chi connectivity index (χ1n) is 7.84. The van der Waals surface area contributed by atoms with Crippen LogP contribution in [0.4, 0.5) is 0 Å². The van der Waals surface area contributed by atoms with E-state index in [0.29, 0.717) is 0 Å². The first-order chi connectivity index (χ1) is 10.8. The van der Waals surface area contributed by atoms with Crippen molar-refractivity contribution in [1.29, 1.82) is 0 Å². The van der Waals surface area contributed by atoms with E-state index < -0.39 is 0 Å². The summed E-state index contributed by atoms with van der Waals surface area (Å²) in [6, 6.07) is 23.8. The Morgan fingerprint density at radius 1 is 0.909 bits per heavy atom. The van der Waals surface area contributed by atoms with Gasteiger partial charge in [0.25, 0.3) is 0 Å². The summed E-state index contributed by atoms with van der Waals surface area (Å²) in [5, 5.41) is 13.8. The Kier molecular flexibility index (Phi) is 3.41. The van der Waals surface area contributed by atoms with Crippen molar-refractivity contribution in [3.63, 3.8) is 0 Å². The van der Waals surface area contributed by atoms with Crippen LogP contribution in [-0.2, 0) is 6.42 Å². The number of hydroxylamine groups is 2. The van der Waals surface area contributed by atoms with Gasteiger partial charge in [0.15, 0.2) is 0 Å². The molecular formula is C20H19NO. The topological polar surface area (TPSA) is 23.5 Å². The summed E-state index contributed by atoms with van der Waals surface area (Å²) in [7, 11) is 0.